The van der Waals surface area contributed by atoms with Gasteiger partial charge in [0, 0.05) is 26.1 Å². The monoisotopic (exact) mass is 200 g/mol. The van der Waals surface area contributed by atoms with Gasteiger partial charge in [-0.1, -0.05) is 6.92 Å². The third-order valence-corrected chi connectivity index (χ3v) is 2.32. The van der Waals surface area contributed by atoms with Crippen LogP contribution in [0.1, 0.15) is 13.3 Å². The van der Waals surface area contributed by atoms with Gasteiger partial charge in [-0.2, -0.15) is 0 Å². The fraction of sp³-hybridized carbons (Fsp3) is 0.778. The molecule has 1 amide bonds. The number of nitrogens with one attached hydrogen (secondary N) is 1. The fourth-order valence-corrected chi connectivity index (χ4v) is 1.50. The maximum absolute atomic E-state index is 11.4. The molecule has 0 aromatic rings. The molecule has 1 aliphatic rings. The van der Waals surface area contributed by atoms with Crippen molar-refractivity contribution >= 4 is 11.9 Å². The average molecular weight is 200 g/mol. The number of hydrogen-bond acceptors (Lipinski definition) is 4. The minimum Gasteiger partial charge on any atom is -0.468 e. The van der Waals surface area contributed by atoms with Crippen molar-refractivity contribution in [1.29, 1.82) is 0 Å². The van der Waals surface area contributed by atoms with Crippen molar-refractivity contribution in [1.82, 2.24) is 10.2 Å². The van der Waals surface area contributed by atoms with Crippen molar-refractivity contribution in [2.24, 2.45) is 0 Å². The van der Waals surface area contributed by atoms with Crippen molar-refractivity contribution in [3.8, 4) is 0 Å². The summed E-state index contributed by atoms with van der Waals surface area (Å²) < 4.78 is 4.61. The molecule has 0 saturated carbocycles. The van der Waals surface area contributed by atoms with Crippen LogP contribution in [0.2, 0.25) is 0 Å². The largest absolute Gasteiger partial charge is 0.468 e. The molecule has 1 heterocycles. The van der Waals surface area contributed by atoms with E-state index in [1.54, 1.807) is 4.90 Å². The molecule has 1 aliphatic heterocycles. The van der Waals surface area contributed by atoms with Gasteiger partial charge in [-0.3, -0.25) is 9.59 Å². The van der Waals surface area contributed by atoms with Crippen LogP contribution in [-0.4, -0.2) is 49.6 Å². The third-order valence-electron chi connectivity index (χ3n) is 2.32. The second kappa shape index (κ2) is 4.95. The molecule has 5 heteroatoms. The number of carbonyl (C=O) groups is 2. The second-order valence-electron chi connectivity index (χ2n) is 3.22. The summed E-state index contributed by atoms with van der Waals surface area (Å²) in [5, 5.41) is 3.01. The molecule has 14 heavy (non-hydrogen) atoms. The van der Waals surface area contributed by atoms with Gasteiger partial charge in [-0.15, -0.1) is 0 Å². The van der Waals surface area contributed by atoms with Gasteiger partial charge in [0.15, 0.2) is 0 Å². The maximum atomic E-state index is 11.4. The van der Waals surface area contributed by atoms with Crippen molar-refractivity contribution in [2.45, 2.75) is 19.4 Å². The number of hydrogen-bond donors (Lipinski definition) is 1. The molecule has 1 N–H and O–H groups in total. The van der Waals surface area contributed by atoms with E-state index in [9.17, 15) is 9.59 Å². The average Bonchev–Trinajstić information content (AvgIpc) is 2.27. The summed E-state index contributed by atoms with van der Waals surface area (Å²) in [7, 11) is 1.35. The number of esters is 1. The normalized spacial score (nSPS) is 21.9. The van der Waals surface area contributed by atoms with Crippen molar-refractivity contribution < 1.29 is 14.3 Å². The summed E-state index contributed by atoms with van der Waals surface area (Å²) in [4.78, 5) is 24.3. The quantitative estimate of drug-likeness (QED) is 0.603. The summed E-state index contributed by atoms with van der Waals surface area (Å²) in [6, 6.07) is -0.371. The van der Waals surface area contributed by atoms with E-state index in [0.717, 1.165) is 0 Å². The van der Waals surface area contributed by atoms with Crippen LogP contribution in [-0.2, 0) is 14.3 Å². The highest BCUT2D eigenvalue weighted by atomic mass is 16.5. The first-order valence-corrected chi connectivity index (χ1v) is 4.78. The van der Waals surface area contributed by atoms with Gasteiger partial charge in [0.25, 0.3) is 0 Å². The van der Waals surface area contributed by atoms with E-state index in [0.29, 0.717) is 26.1 Å². The minimum atomic E-state index is -0.371. The summed E-state index contributed by atoms with van der Waals surface area (Å²) in [6.07, 6.45) is 0.480. The van der Waals surface area contributed by atoms with Crippen LogP contribution in [0.15, 0.2) is 0 Å². The smallest absolute Gasteiger partial charge is 0.324 e. The number of methoxy groups -OCH3 is 1. The van der Waals surface area contributed by atoms with E-state index in [2.05, 4.69) is 10.1 Å². The van der Waals surface area contributed by atoms with E-state index in [1.165, 1.54) is 7.11 Å². The van der Waals surface area contributed by atoms with E-state index in [-0.39, 0.29) is 17.9 Å². The van der Waals surface area contributed by atoms with Gasteiger partial charge >= 0.3 is 5.97 Å². The van der Waals surface area contributed by atoms with Gasteiger partial charge in [0.2, 0.25) is 5.91 Å². The molecule has 1 fully saturated rings. The summed E-state index contributed by atoms with van der Waals surface area (Å²) in [6.45, 7) is 3.54. The van der Waals surface area contributed by atoms with Gasteiger partial charge < -0.3 is 15.0 Å². The van der Waals surface area contributed by atoms with Crippen LogP contribution >= 0.6 is 0 Å². The van der Waals surface area contributed by atoms with E-state index >= 15 is 0 Å². The maximum Gasteiger partial charge on any atom is 0.324 e. The molecule has 80 valence electrons. The van der Waals surface area contributed by atoms with Crippen molar-refractivity contribution in [3.05, 3.63) is 0 Å². The van der Waals surface area contributed by atoms with Gasteiger partial charge in [-0.05, 0) is 0 Å². The highest BCUT2D eigenvalue weighted by Gasteiger charge is 2.27. The fourth-order valence-electron chi connectivity index (χ4n) is 1.50. The molecule has 0 aromatic heterocycles. The topological polar surface area (TPSA) is 58.6 Å². The molecule has 0 aliphatic carbocycles. The van der Waals surface area contributed by atoms with Crippen LogP contribution in [0.25, 0.3) is 0 Å². The predicted octanol–water partition coefficient (Wildman–Crippen LogP) is -0.630. The molecule has 0 unspecified atom stereocenters. The number of ether oxygens (including phenoxy) is 1. The lowest BCUT2D eigenvalue weighted by molar-refractivity contribution is -0.145. The standard InChI is InChI=1S/C9H16N2O3/c1-3-8(12)11-5-4-10-7(6-11)9(13)14-2/h7,10H,3-6H2,1-2H3/t7-/m0/s1. The SMILES string of the molecule is CCC(=O)N1CCN[C@H](C(=O)OC)C1. The zero-order chi connectivity index (χ0) is 10.6. The van der Waals surface area contributed by atoms with Crippen molar-refractivity contribution in [2.75, 3.05) is 26.7 Å². The van der Waals surface area contributed by atoms with E-state index < -0.39 is 0 Å². The molecule has 0 bridgehead atoms. The summed E-state index contributed by atoms with van der Waals surface area (Å²) in [5.41, 5.74) is 0. The van der Waals surface area contributed by atoms with Gasteiger partial charge in [-0.25, -0.2) is 0 Å². The highest BCUT2D eigenvalue weighted by molar-refractivity contribution is 5.79. The molecular weight excluding hydrogens is 184 g/mol. The van der Waals surface area contributed by atoms with E-state index in [4.69, 9.17) is 0 Å². The molecule has 0 spiro atoms. The first kappa shape index (κ1) is 11.0. The van der Waals surface area contributed by atoms with Crippen molar-refractivity contribution in [3.63, 3.8) is 0 Å². The Morgan fingerprint density at radius 3 is 2.86 bits per heavy atom. The zero-order valence-electron chi connectivity index (χ0n) is 8.58. The Bertz CT molecular complexity index is 208. The van der Waals surface area contributed by atoms with Gasteiger partial charge in [0.1, 0.15) is 6.04 Å². The Hall–Kier alpha value is -1.10. The molecule has 1 saturated heterocycles. The zero-order valence-corrected chi connectivity index (χ0v) is 8.58. The Kier molecular flexibility index (Phi) is 3.88. The molecular formula is C9H16N2O3. The van der Waals surface area contributed by atoms with Crippen LogP contribution in [0.3, 0.4) is 0 Å². The van der Waals surface area contributed by atoms with Crippen LogP contribution in [0, 0.1) is 0 Å². The lowest BCUT2D eigenvalue weighted by Gasteiger charge is -2.32. The Labute approximate surface area is 83.4 Å². The molecule has 5 nitrogen and oxygen atoms in total. The lowest BCUT2D eigenvalue weighted by Crippen LogP contribution is -2.55. The number of nitrogens with zero attached hydrogens (tertiary/aromatic N) is 1. The molecule has 0 aromatic carbocycles. The third kappa shape index (κ3) is 2.45. The Balaban J connectivity index is 2.51. The van der Waals surface area contributed by atoms with Gasteiger partial charge in [0.05, 0.1) is 7.11 Å². The van der Waals surface area contributed by atoms with Crippen LogP contribution in [0.4, 0.5) is 0 Å². The summed E-state index contributed by atoms with van der Waals surface area (Å²) >= 11 is 0. The number of carbonyl (C=O) groups excluding carboxylic acids is 2. The first-order valence-electron chi connectivity index (χ1n) is 4.78. The summed E-state index contributed by atoms with van der Waals surface area (Å²) in [5.74, 6) is -0.223. The second-order valence-corrected chi connectivity index (χ2v) is 3.22. The predicted molar refractivity (Wildman–Crippen MR) is 50.7 cm³/mol. The number of amides is 1. The molecule has 1 rings (SSSR count). The molecule has 1 atom stereocenters. The first-order chi connectivity index (χ1) is 6.69. The van der Waals surface area contributed by atoms with E-state index in [1.807, 2.05) is 6.92 Å². The minimum absolute atomic E-state index is 0.0837. The lowest BCUT2D eigenvalue weighted by atomic mass is 10.2. The molecule has 0 radical (unpaired) electrons. The number of piperazine rings is 1. The number of rotatable bonds is 2. The van der Waals surface area contributed by atoms with Crippen LogP contribution in [0.5, 0.6) is 0 Å². The Morgan fingerprint density at radius 2 is 2.29 bits per heavy atom. The van der Waals surface area contributed by atoms with Crippen LogP contribution < -0.4 is 5.32 Å². The Morgan fingerprint density at radius 1 is 1.57 bits per heavy atom. The highest BCUT2D eigenvalue weighted by Crippen LogP contribution is 2.02.